The summed E-state index contributed by atoms with van der Waals surface area (Å²) >= 11 is 0. The fourth-order valence-electron chi connectivity index (χ4n) is 1.51. The Morgan fingerprint density at radius 2 is 2.00 bits per heavy atom. The Morgan fingerprint density at radius 3 is 2.50 bits per heavy atom. The molecule has 0 unspecified atom stereocenters. The van der Waals surface area contributed by atoms with Crippen LogP contribution in [0.4, 0.5) is 11.4 Å². The molecule has 0 radical (unpaired) electrons. The van der Waals surface area contributed by atoms with Gasteiger partial charge in [0.2, 0.25) is 0 Å². The molecule has 16 heavy (non-hydrogen) atoms. The lowest BCUT2D eigenvalue weighted by molar-refractivity contribution is 0.0982. The number of nitrogen functional groups attached to an aromatic ring is 3. The monoisotopic (exact) mass is 220 g/mol. The van der Waals surface area contributed by atoms with Crippen LogP contribution in [0.25, 0.3) is 0 Å². The molecule has 0 aliphatic heterocycles. The molecule has 0 bridgehead atoms. The summed E-state index contributed by atoms with van der Waals surface area (Å²) in [6, 6.07) is 3.10. The standard InChI is InChI=1S/C11H16N4O/c1-2-3-8(16)9-6(11(14)15)4-5-7(12)10(9)13/h4-5H,2-3,12-13H2,1H3,(H3,14,15). The van der Waals surface area contributed by atoms with Crippen LogP contribution in [0.1, 0.15) is 35.7 Å². The van der Waals surface area contributed by atoms with Crippen molar-refractivity contribution in [3.05, 3.63) is 23.3 Å². The maximum atomic E-state index is 11.9. The number of nitrogens with one attached hydrogen (secondary N) is 1. The highest BCUT2D eigenvalue weighted by atomic mass is 16.1. The molecule has 5 nitrogen and oxygen atoms in total. The molecular weight excluding hydrogens is 204 g/mol. The average Bonchev–Trinajstić information content (AvgIpc) is 2.21. The lowest BCUT2D eigenvalue weighted by Gasteiger charge is -2.12. The Morgan fingerprint density at radius 1 is 1.38 bits per heavy atom. The van der Waals surface area contributed by atoms with Gasteiger partial charge in [-0.05, 0) is 18.6 Å². The minimum Gasteiger partial charge on any atom is -0.397 e. The van der Waals surface area contributed by atoms with Crippen LogP contribution in [-0.2, 0) is 0 Å². The van der Waals surface area contributed by atoms with E-state index >= 15 is 0 Å². The second kappa shape index (κ2) is 4.65. The van der Waals surface area contributed by atoms with Gasteiger partial charge in [0.1, 0.15) is 5.84 Å². The molecule has 86 valence electrons. The minimum absolute atomic E-state index is 0.127. The van der Waals surface area contributed by atoms with E-state index < -0.39 is 0 Å². The van der Waals surface area contributed by atoms with E-state index in [0.29, 0.717) is 24.1 Å². The third kappa shape index (κ3) is 2.13. The highest BCUT2D eigenvalue weighted by Crippen LogP contribution is 2.25. The van der Waals surface area contributed by atoms with E-state index in [1.54, 1.807) is 12.1 Å². The average molecular weight is 220 g/mol. The number of hydrogen-bond acceptors (Lipinski definition) is 4. The van der Waals surface area contributed by atoms with Gasteiger partial charge in [-0.25, -0.2) is 0 Å². The van der Waals surface area contributed by atoms with E-state index in [0.717, 1.165) is 0 Å². The van der Waals surface area contributed by atoms with Crippen LogP contribution in [0.5, 0.6) is 0 Å². The molecule has 1 rings (SSSR count). The maximum absolute atomic E-state index is 11.9. The van der Waals surface area contributed by atoms with Gasteiger partial charge in [-0.15, -0.1) is 0 Å². The van der Waals surface area contributed by atoms with Gasteiger partial charge < -0.3 is 17.2 Å². The van der Waals surface area contributed by atoms with E-state index in [-0.39, 0.29) is 22.9 Å². The number of nitrogens with two attached hydrogens (primary N) is 3. The van der Waals surface area contributed by atoms with Crippen molar-refractivity contribution in [2.75, 3.05) is 11.5 Å². The van der Waals surface area contributed by atoms with Gasteiger partial charge in [-0.2, -0.15) is 0 Å². The number of carbonyl (C=O) groups excluding carboxylic acids is 1. The van der Waals surface area contributed by atoms with E-state index in [1.165, 1.54) is 0 Å². The number of carbonyl (C=O) groups is 1. The molecule has 0 aliphatic rings. The summed E-state index contributed by atoms with van der Waals surface area (Å²) in [5.74, 6) is -0.302. The number of ketones is 1. The predicted molar refractivity (Wildman–Crippen MR) is 65.5 cm³/mol. The van der Waals surface area contributed by atoms with Crippen molar-refractivity contribution in [3.8, 4) is 0 Å². The Balaban J connectivity index is 3.37. The summed E-state index contributed by atoms with van der Waals surface area (Å²) in [6.07, 6.45) is 1.08. The summed E-state index contributed by atoms with van der Waals surface area (Å²) in [6.45, 7) is 1.90. The first kappa shape index (κ1) is 12.0. The number of amidine groups is 1. The molecule has 5 heteroatoms. The largest absolute Gasteiger partial charge is 0.397 e. The lowest BCUT2D eigenvalue weighted by atomic mass is 9.97. The van der Waals surface area contributed by atoms with Crippen LogP contribution in [-0.4, -0.2) is 11.6 Å². The van der Waals surface area contributed by atoms with Crippen LogP contribution < -0.4 is 17.2 Å². The molecule has 1 aromatic carbocycles. The second-order valence-electron chi connectivity index (χ2n) is 3.58. The van der Waals surface area contributed by atoms with Crippen molar-refractivity contribution in [1.29, 1.82) is 5.41 Å². The molecule has 0 fully saturated rings. The summed E-state index contributed by atoms with van der Waals surface area (Å²) < 4.78 is 0. The highest BCUT2D eigenvalue weighted by Gasteiger charge is 2.17. The van der Waals surface area contributed by atoms with Gasteiger partial charge in [-0.1, -0.05) is 6.92 Å². The molecule has 7 N–H and O–H groups in total. The van der Waals surface area contributed by atoms with Crippen molar-refractivity contribution < 1.29 is 4.79 Å². The van der Waals surface area contributed by atoms with Crippen molar-refractivity contribution in [2.45, 2.75) is 19.8 Å². The molecular formula is C11H16N4O. The summed E-state index contributed by atoms with van der Waals surface area (Å²) in [4.78, 5) is 11.9. The molecule has 0 aromatic heterocycles. The Hall–Kier alpha value is -2.04. The topological polar surface area (TPSA) is 119 Å². The van der Waals surface area contributed by atoms with Gasteiger partial charge in [0, 0.05) is 12.0 Å². The first-order chi connectivity index (χ1) is 7.49. The third-order valence-corrected chi connectivity index (χ3v) is 2.33. The fourth-order valence-corrected chi connectivity index (χ4v) is 1.51. The number of anilines is 2. The third-order valence-electron chi connectivity index (χ3n) is 2.33. The Bertz CT molecular complexity index is 440. The molecule has 0 aliphatic carbocycles. The molecule has 0 amide bonds. The number of hydrogen-bond donors (Lipinski definition) is 4. The summed E-state index contributed by atoms with van der Waals surface area (Å²) in [5, 5.41) is 7.40. The Kier molecular flexibility index (Phi) is 3.50. The molecule has 0 saturated carbocycles. The van der Waals surface area contributed by atoms with Gasteiger partial charge >= 0.3 is 0 Å². The molecule has 1 aromatic rings. The van der Waals surface area contributed by atoms with Crippen LogP contribution in [0.15, 0.2) is 12.1 Å². The highest BCUT2D eigenvalue weighted by molar-refractivity contribution is 6.13. The lowest BCUT2D eigenvalue weighted by Crippen LogP contribution is -2.18. The fraction of sp³-hybridized carbons (Fsp3) is 0.273. The van der Waals surface area contributed by atoms with Crippen molar-refractivity contribution in [2.24, 2.45) is 5.73 Å². The van der Waals surface area contributed by atoms with E-state index in [9.17, 15) is 4.79 Å². The normalized spacial score (nSPS) is 10.1. The first-order valence-electron chi connectivity index (χ1n) is 5.04. The first-order valence-corrected chi connectivity index (χ1v) is 5.04. The van der Waals surface area contributed by atoms with Crippen molar-refractivity contribution in [3.63, 3.8) is 0 Å². The van der Waals surface area contributed by atoms with E-state index in [4.69, 9.17) is 22.6 Å². The molecule has 0 atom stereocenters. The van der Waals surface area contributed by atoms with E-state index in [1.807, 2.05) is 6.92 Å². The van der Waals surface area contributed by atoms with Gasteiger partial charge in [0.25, 0.3) is 0 Å². The van der Waals surface area contributed by atoms with Crippen LogP contribution in [0.3, 0.4) is 0 Å². The Labute approximate surface area is 94.1 Å². The van der Waals surface area contributed by atoms with Crippen LogP contribution >= 0.6 is 0 Å². The minimum atomic E-state index is -0.175. The zero-order chi connectivity index (χ0) is 12.3. The number of benzene rings is 1. The number of rotatable bonds is 4. The van der Waals surface area contributed by atoms with Gasteiger partial charge in [0.05, 0.1) is 16.9 Å². The molecule has 0 saturated heterocycles. The zero-order valence-electron chi connectivity index (χ0n) is 9.21. The predicted octanol–water partition coefficient (Wildman–Crippen LogP) is 1.12. The molecule has 0 spiro atoms. The smallest absolute Gasteiger partial charge is 0.165 e. The SMILES string of the molecule is CCCC(=O)c1c(C(=N)N)ccc(N)c1N. The quantitative estimate of drug-likeness (QED) is 0.263. The zero-order valence-corrected chi connectivity index (χ0v) is 9.21. The van der Waals surface area contributed by atoms with Crippen LogP contribution in [0.2, 0.25) is 0 Å². The number of Topliss-reactive ketones (excluding diaryl/α,β-unsaturated/α-hetero) is 1. The second-order valence-corrected chi connectivity index (χ2v) is 3.58. The molecule has 0 heterocycles. The van der Waals surface area contributed by atoms with Crippen molar-refractivity contribution >= 4 is 23.0 Å². The summed E-state index contributed by atoms with van der Waals surface area (Å²) in [7, 11) is 0. The van der Waals surface area contributed by atoms with Gasteiger partial charge in [-0.3, -0.25) is 10.2 Å². The summed E-state index contributed by atoms with van der Waals surface area (Å²) in [5.41, 5.74) is 18.0. The maximum Gasteiger partial charge on any atom is 0.165 e. The van der Waals surface area contributed by atoms with Crippen molar-refractivity contribution in [1.82, 2.24) is 0 Å². The van der Waals surface area contributed by atoms with E-state index in [2.05, 4.69) is 0 Å². The van der Waals surface area contributed by atoms with Crippen LogP contribution in [0, 0.1) is 5.41 Å². The van der Waals surface area contributed by atoms with Gasteiger partial charge in [0.15, 0.2) is 5.78 Å².